The van der Waals surface area contributed by atoms with Crippen molar-refractivity contribution in [2.45, 2.75) is 46.0 Å². The monoisotopic (exact) mass is 200 g/mol. The van der Waals surface area contributed by atoms with E-state index in [1.807, 2.05) is 0 Å². The number of amidine groups is 1. The minimum absolute atomic E-state index is 0.282. The molecule has 0 radical (unpaired) electrons. The molecule has 0 amide bonds. The summed E-state index contributed by atoms with van der Waals surface area (Å²) in [4.78, 5) is 0. The number of hydrogen-bond donors (Lipinski definition) is 2. The summed E-state index contributed by atoms with van der Waals surface area (Å²) in [6.45, 7) is 6.09. The van der Waals surface area contributed by atoms with Gasteiger partial charge >= 0.3 is 0 Å². The van der Waals surface area contributed by atoms with Gasteiger partial charge in [-0.3, -0.25) is 5.41 Å². The van der Waals surface area contributed by atoms with Crippen LogP contribution in [0.25, 0.3) is 0 Å². The topological polar surface area (TPSA) is 59.1 Å². The zero-order valence-electron chi connectivity index (χ0n) is 9.51. The van der Waals surface area contributed by atoms with E-state index < -0.39 is 0 Å². The molecule has 3 N–H and O–H groups in total. The summed E-state index contributed by atoms with van der Waals surface area (Å²) in [5.41, 5.74) is 5.24. The number of ether oxygens (including phenoxy) is 1. The lowest BCUT2D eigenvalue weighted by molar-refractivity contribution is 0.0990. The average Bonchev–Trinajstić information content (AvgIpc) is 2.11. The van der Waals surface area contributed by atoms with Gasteiger partial charge in [0.15, 0.2) is 0 Å². The molecule has 0 rings (SSSR count). The second-order valence-corrected chi connectivity index (χ2v) is 3.95. The van der Waals surface area contributed by atoms with Gasteiger partial charge in [0.05, 0.1) is 5.84 Å². The summed E-state index contributed by atoms with van der Waals surface area (Å²) >= 11 is 0. The Morgan fingerprint density at radius 3 is 2.71 bits per heavy atom. The maximum atomic E-state index is 7.03. The van der Waals surface area contributed by atoms with Crippen LogP contribution in [0.1, 0.15) is 46.0 Å². The molecule has 1 atom stereocenters. The Morgan fingerprint density at radius 2 is 2.14 bits per heavy atom. The highest BCUT2D eigenvalue weighted by atomic mass is 16.5. The Hall–Kier alpha value is -0.570. The van der Waals surface area contributed by atoms with Crippen LogP contribution in [-0.4, -0.2) is 19.0 Å². The third-order valence-electron chi connectivity index (χ3n) is 2.17. The van der Waals surface area contributed by atoms with Gasteiger partial charge in [0.1, 0.15) is 0 Å². The predicted molar refractivity (Wildman–Crippen MR) is 60.7 cm³/mol. The number of nitrogens with one attached hydrogen (secondary N) is 1. The van der Waals surface area contributed by atoms with E-state index in [0.29, 0.717) is 12.3 Å². The quantitative estimate of drug-likeness (QED) is 0.341. The molecule has 0 aliphatic rings. The van der Waals surface area contributed by atoms with Gasteiger partial charge in [-0.15, -0.1) is 0 Å². The third kappa shape index (κ3) is 9.52. The smallest absolute Gasteiger partial charge is 0.0905 e. The summed E-state index contributed by atoms with van der Waals surface area (Å²) in [7, 11) is 0. The molecule has 3 heteroatoms. The zero-order chi connectivity index (χ0) is 10.8. The van der Waals surface area contributed by atoms with Gasteiger partial charge in [0.25, 0.3) is 0 Å². The maximum absolute atomic E-state index is 7.03. The fraction of sp³-hybridized carbons (Fsp3) is 0.909. The highest BCUT2D eigenvalue weighted by Gasteiger charge is 1.99. The van der Waals surface area contributed by atoms with Crippen LogP contribution in [0.5, 0.6) is 0 Å². The fourth-order valence-electron chi connectivity index (χ4n) is 1.38. The van der Waals surface area contributed by atoms with Crippen LogP contribution < -0.4 is 5.73 Å². The van der Waals surface area contributed by atoms with Crippen LogP contribution in [0, 0.1) is 11.3 Å². The molecular formula is C11H24N2O. The molecule has 3 nitrogen and oxygen atoms in total. The van der Waals surface area contributed by atoms with Crippen LogP contribution in [0.15, 0.2) is 0 Å². The van der Waals surface area contributed by atoms with E-state index in [0.717, 1.165) is 26.1 Å². The molecule has 0 aromatic carbocycles. The van der Waals surface area contributed by atoms with Crippen LogP contribution in [-0.2, 0) is 4.74 Å². The van der Waals surface area contributed by atoms with E-state index in [1.54, 1.807) is 0 Å². The first-order chi connectivity index (χ1) is 6.66. The van der Waals surface area contributed by atoms with Gasteiger partial charge < -0.3 is 10.5 Å². The molecule has 0 aliphatic heterocycles. The first-order valence-corrected chi connectivity index (χ1v) is 5.57. The first-order valence-electron chi connectivity index (χ1n) is 5.57. The lowest BCUT2D eigenvalue weighted by Crippen LogP contribution is -2.10. The first kappa shape index (κ1) is 13.4. The fourth-order valence-corrected chi connectivity index (χ4v) is 1.38. The van der Waals surface area contributed by atoms with Gasteiger partial charge in [-0.25, -0.2) is 0 Å². The standard InChI is InChI=1S/C11H24N2O/c1-3-6-10(2)9-14-8-5-4-7-11(12)13/h10H,3-9H2,1-2H3,(H3,12,13). The molecule has 0 aliphatic carbocycles. The zero-order valence-corrected chi connectivity index (χ0v) is 9.51. The SMILES string of the molecule is CCCC(C)COCCCCC(=N)N. The number of hydrogen-bond acceptors (Lipinski definition) is 2. The Labute approximate surface area is 87.5 Å². The molecule has 0 aromatic heterocycles. The van der Waals surface area contributed by atoms with Crippen molar-refractivity contribution in [3.05, 3.63) is 0 Å². The second kappa shape index (κ2) is 9.00. The van der Waals surface area contributed by atoms with E-state index >= 15 is 0 Å². The van der Waals surface area contributed by atoms with Crippen LogP contribution in [0.3, 0.4) is 0 Å². The lowest BCUT2D eigenvalue weighted by Gasteiger charge is -2.10. The molecule has 0 heterocycles. The largest absolute Gasteiger partial charge is 0.388 e. The third-order valence-corrected chi connectivity index (χ3v) is 2.17. The van der Waals surface area contributed by atoms with Crippen molar-refractivity contribution in [2.24, 2.45) is 11.7 Å². The number of nitrogens with two attached hydrogens (primary N) is 1. The van der Waals surface area contributed by atoms with Crippen LogP contribution in [0.4, 0.5) is 0 Å². The van der Waals surface area contributed by atoms with Gasteiger partial charge in [-0.1, -0.05) is 20.3 Å². The molecule has 0 spiro atoms. The summed E-state index contributed by atoms with van der Waals surface area (Å²) in [5, 5.41) is 7.03. The van der Waals surface area contributed by atoms with Crippen molar-refractivity contribution in [1.29, 1.82) is 5.41 Å². The van der Waals surface area contributed by atoms with Gasteiger partial charge in [0.2, 0.25) is 0 Å². The summed E-state index contributed by atoms with van der Waals surface area (Å²) in [5.74, 6) is 0.956. The van der Waals surface area contributed by atoms with Crippen molar-refractivity contribution in [1.82, 2.24) is 0 Å². The Bertz CT molecular complexity index is 148. The molecule has 0 bridgehead atoms. The second-order valence-electron chi connectivity index (χ2n) is 3.95. The van der Waals surface area contributed by atoms with E-state index in [-0.39, 0.29) is 5.84 Å². The summed E-state index contributed by atoms with van der Waals surface area (Å²) < 4.78 is 5.52. The highest BCUT2D eigenvalue weighted by molar-refractivity contribution is 5.76. The predicted octanol–water partition coefficient (Wildman–Crippen LogP) is 2.55. The van der Waals surface area contributed by atoms with Crippen LogP contribution >= 0.6 is 0 Å². The number of rotatable bonds is 9. The average molecular weight is 200 g/mol. The number of unbranched alkanes of at least 4 members (excludes halogenated alkanes) is 1. The van der Waals surface area contributed by atoms with Crippen molar-refractivity contribution in [2.75, 3.05) is 13.2 Å². The lowest BCUT2D eigenvalue weighted by atomic mass is 10.1. The normalized spacial score (nSPS) is 12.7. The maximum Gasteiger partial charge on any atom is 0.0905 e. The van der Waals surface area contributed by atoms with Crippen molar-refractivity contribution < 1.29 is 4.74 Å². The molecule has 1 unspecified atom stereocenters. The van der Waals surface area contributed by atoms with Crippen molar-refractivity contribution >= 4 is 5.84 Å². The van der Waals surface area contributed by atoms with Gasteiger partial charge in [-0.2, -0.15) is 0 Å². The molecule has 0 saturated carbocycles. The highest BCUT2D eigenvalue weighted by Crippen LogP contribution is 2.05. The Kier molecular flexibility index (Phi) is 8.64. The summed E-state index contributed by atoms with van der Waals surface area (Å²) in [6, 6.07) is 0. The molecule has 14 heavy (non-hydrogen) atoms. The van der Waals surface area contributed by atoms with E-state index in [4.69, 9.17) is 15.9 Å². The Balaban J connectivity index is 3.09. The minimum atomic E-state index is 0.282. The molecule has 0 saturated heterocycles. The van der Waals surface area contributed by atoms with E-state index in [2.05, 4.69) is 13.8 Å². The molecular weight excluding hydrogens is 176 g/mol. The molecule has 0 aromatic rings. The van der Waals surface area contributed by atoms with E-state index in [9.17, 15) is 0 Å². The molecule has 0 fully saturated rings. The van der Waals surface area contributed by atoms with Crippen molar-refractivity contribution in [3.63, 3.8) is 0 Å². The van der Waals surface area contributed by atoms with Gasteiger partial charge in [0, 0.05) is 19.6 Å². The molecule has 84 valence electrons. The van der Waals surface area contributed by atoms with Crippen molar-refractivity contribution in [3.8, 4) is 0 Å². The van der Waals surface area contributed by atoms with E-state index in [1.165, 1.54) is 12.8 Å². The Morgan fingerprint density at radius 1 is 1.43 bits per heavy atom. The van der Waals surface area contributed by atoms with Crippen LogP contribution in [0.2, 0.25) is 0 Å². The summed E-state index contributed by atoms with van der Waals surface area (Å²) in [6.07, 6.45) is 5.16. The minimum Gasteiger partial charge on any atom is -0.388 e. The van der Waals surface area contributed by atoms with Gasteiger partial charge in [-0.05, 0) is 25.2 Å².